The van der Waals surface area contributed by atoms with Gasteiger partial charge in [-0.15, -0.1) is 0 Å². The first-order valence-electron chi connectivity index (χ1n) is 7.21. The summed E-state index contributed by atoms with van der Waals surface area (Å²) in [7, 11) is 0. The van der Waals surface area contributed by atoms with Crippen molar-refractivity contribution in [2.45, 2.75) is 6.54 Å². The van der Waals surface area contributed by atoms with Crippen molar-refractivity contribution in [3.05, 3.63) is 59.9 Å². The molecule has 0 bridgehead atoms. The number of nitrogens with two attached hydrogens (primary N) is 1. The molecule has 0 atom stereocenters. The molecule has 4 rings (SSSR count). The molecule has 0 spiro atoms. The zero-order chi connectivity index (χ0) is 16.5. The lowest BCUT2D eigenvalue weighted by Gasteiger charge is -2.05. The van der Waals surface area contributed by atoms with E-state index >= 15 is 0 Å². The summed E-state index contributed by atoms with van der Waals surface area (Å²) >= 11 is 6.10. The molecule has 3 heterocycles. The largest absolute Gasteiger partial charge is 0.382 e. The van der Waals surface area contributed by atoms with Crippen LogP contribution < -0.4 is 5.73 Å². The fourth-order valence-corrected chi connectivity index (χ4v) is 2.62. The highest BCUT2D eigenvalue weighted by molar-refractivity contribution is 6.28. The van der Waals surface area contributed by atoms with E-state index < -0.39 is 0 Å². The minimum absolute atomic E-state index is 0.130. The predicted molar refractivity (Wildman–Crippen MR) is 91.3 cm³/mol. The van der Waals surface area contributed by atoms with Crippen molar-refractivity contribution in [2.24, 2.45) is 0 Å². The number of hydrogen-bond donors (Lipinski definition) is 1. The van der Waals surface area contributed by atoms with Crippen LogP contribution in [0.15, 0.2) is 49.1 Å². The number of nitrogen functional groups attached to an aromatic ring is 1. The fourth-order valence-electron chi connectivity index (χ4n) is 2.45. The highest BCUT2D eigenvalue weighted by atomic mass is 35.5. The summed E-state index contributed by atoms with van der Waals surface area (Å²) in [6.07, 6.45) is 4.73. The van der Waals surface area contributed by atoms with Crippen molar-refractivity contribution in [1.29, 1.82) is 0 Å². The summed E-state index contributed by atoms with van der Waals surface area (Å²) in [6, 6.07) is 10.0. The van der Waals surface area contributed by atoms with E-state index in [0.29, 0.717) is 34.9 Å². The van der Waals surface area contributed by atoms with Gasteiger partial charge in [-0.3, -0.25) is 0 Å². The summed E-state index contributed by atoms with van der Waals surface area (Å²) in [5.41, 5.74) is 9.07. The topological polar surface area (TPSA) is 95.4 Å². The summed E-state index contributed by atoms with van der Waals surface area (Å²) in [5, 5.41) is 0.130. The second kappa shape index (κ2) is 5.86. The Labute approximate surface area is 142 Å². The average molecular weight is 338 g/mol. The van der Waals surface area contributed by atoms with Crippen LogP contribution >= 0.6 is 11.6 Å². The number of halogens is 1. The van der Waals surface area contributed by atoms with Crippen LogP contribution in [0, 0.1) is 0 Å². The lowest BCUT2D eigenvalue weighted by atomic mass is 10.2. The van der Waals surface area contributed by atoms with Crippen LogP contribution in [-0.2, 0) is 6.54 Å². The van der Waals surface area contributed by atoms with Gasteiger partial charge >= 0.3 is 0 Å². The quantitative estimate of drug-likeness (QED) is 0.577. The van der Waals surface area contributed by atoms with Crippen LogP contribution in [0.3, 0.4) is 0 Å². The van der Waals surface area contributed by atoms with Gasteiger partial charge in [0.2, 0.25) is 5.28 Å². The van der Waals surface area contributed by atoms with E-state index in [1.165, 1.54) is 6.20 Å². The Morgan fingerprint density at radius 2 is 1.83 bits per heavy atom. The zero-order valence-electron chi connectivity index (χ0n) is 12.5. The van der Waals surface area contributed by atoms with Crippen molar-refractivity contribution in [3.8, 4) is 11.4 Å². The highest BCUT2D eigenvalue weighted by Crippen LogP contribution is 2.25. The standard InChI is InChI=1S/C16H12ClN7/c17-16-22-13(11-6-20-12(18)7-19-11)14-15(23-16)24(9-21-14)8-10-4-2-1-3-5-10/h1-7,9H,8H2,(H2,18,20). The van der Waals surface area contributed by atoms with E-state index in [9.17, 15) is 0 Å². The van der Waals surface area contributed by atoms with Gasteiger partial charge in [-0.25, -0.2) is 19.9 Å². The molecule has 24 heavy (non-hydrogen) atoms. The van der Waals surface area contributed by atoms with Crippen LogP contribution in [0.25, 0.3) is 22.6 Å². The van der Waals surface area contributed by atoms with E-state index in [0.717, 1.165) is 5.56 Å². The molecule has 0 aliphatic heterocycles. The van der Waals surface area contributed by atoms with E-state index in [4.69, 9.17) is 17.3 Å². The van der Waals surface area contributed by atoms with E-state index in [2.05, 4.69) is 24.9 Å². The maximum absolute atomic E-state index is 6.10. The summed E-state index contributed by atoms with van der Waals surface area (Å²) < 4.78 is 1.92. The Kier molecular flexibility index (Phi) is 3.55. The molecular weight excluding hydrogens is 326 g/mol. The molecule has 8 heteroatoms. The molecule has 7 nitrogen and oxygen atoms in total. The number of rotatable bonds is 3. The van der Waals surface area contributed by atoms with Gasteiger partial charge in [-0.1, -0.05) is 30.3 Å². The molecule has 2 N–H and O–H groups in total. The minimum atomic E-state index is 0.130. The van der Waals surface area contributed by atoms with Crippen molar-refractivity contribution in [2.75, 3.05) is 5.73 Å². The third kappa shape index (κ3) is 2.65. The molecule has 0 fully saturated rings. The smallest absolute Gasteiger partial charge is 0.225 e. The molecule has 4 aromatic rings. The fraction of sp³-hybridized carbons (Fsp3) is 0.0625. The van der Waals surface area contributed by atoms with Crippen molar-refractivity contribution in [1.82, 2.24) is 29.5 Å². The molecule has 118 valence electrons. The van der Waals surface area contributed by atoms with Gasteiger partial charge in [0, 0.05) is 0 Å². The van der Waals surface area contributed by atoms with E-state index in [-0.39, 0.29) is 5.28 Å². The van der Waals surface area contributed by atoms with Gasteiger partial charge in [0.1, 0.15) is 22.7 Å². The SMILES string of the molecule is Nc1cnc(-c2nc(Cl)nc3c2ncn3Cc2ccccc2)cn1. The Morgan fingerprint density at radius 1 is 1.00 bits per heavy atom. The molecule has 0 saturated carbocycles. The molecular formula is C16H12ClN7. The Hall–Kier alpha value is -3.06. The normalized spacial score (nSPS) is 11.0. The van der Waals surface area contributed by atoms with E-state index in [1.807, 2.05) is 34.9 Å². The molecule has 0 aliphatic rings. The van der Waals surface area contributed by atoms with Gasteiger partial charge in [0.05, 0.1) is 25.3 Å². The molecule has 0 amide bonds. The maximum Gasteiger partial charge on any atom is 0.225 e. The second-order valence-electron chi connectivity index (χ2n) is 5.20. The lowest BCUT2D eigenvalue weighted by molar-refractivity contribution is 0.813. The molecule has 0 saturated heterocycles. The minimum Gasteiger partial charge on any atom is -0.382 e. The number of aromatic nitrogens is 6. The number of imidazole rings is 1. The number of fused-ring (bicyclic) bond motifs is 1. The first kappa shape index (κ1) is 14.5. The Bertz CT molecular complexity index is 996. The van der Waals surface area contributed by atoms with Crippen LogP contribution in [0.5, 0.6) is 0 Å². The van der Waals surface area contributed by atoms with Gasteiger partial charge in [0.25, 0.3) is 0 Å². The van der Waals surface area contributed by atoms with Crippen LogP contribution in [0.4, 0.5) is 5.82 Å². The van der Waals surface area contributed by atoms with Gasteiger partial charge < -0.3 is 10.3 Å². The molecule has 0 radical (unpaired) electrons. The monoisotopic (exact) mass is 337 g/mol. The molecule has 0 aliphatic carbocycles. The average Bonchev–Trinajstić information content (AvgIpc) is 2.99. The molecule has 1 aromatic carbocycles. The lowest BCUT2D eigenvalue weighted by Crippen LogP contribution is -2.01. The van der Waals surface area contributed by atoms with Crippen molar-refractivity contribution < 1.29 is 0 Å². The third-order valence-electron chi connectivity index (χ3n) is 3.55. The second-order valence-corrected chi connectivity index (χ2v) is 5.54. The zero-order valence-corrected chi connectivity index (χ0v) is 13.2. The number of benzene rings is 1. The summed E-state index contributed by atoms with van der Waals surface area (Å²) in [5.74, 6) is 0.338. The number of hydrogen-bond acceptors (Lipinski definition) is 6. The van der Waals surface area contributed by atoms with Gasteiger partial charge in [-0.2, -0.15) is 4.98 Å². The van der Waals surface area contributed by atoms with Crippen molar-refractivity contribution in [3.63, 3.8) is 0 Å². The van der Waals surface area contributed by atoms with Crippen LogP contribution in [0.2, 0.25) is 5.28 Å². The van der Waals surface area contributed by atoms with Crippen LogP contribution in [0.1, 0.15) is 5.56 Å². The summed E-state index contributed by atoms with van der Waals surface area (Å²) in [4.78, 5) is 21.3. The highest BCUT2D eigenvalue weighted by Gasteiger charge is 2.15. The van der Waals surface area contributed by atoms with Crippen molar-refractivity contribution >= 4 is 28.6 Å². The van der Waals surface area contributed by atoms with Gasteiger partial charge in [0.15, 0.2) is 5.65 Å². The summed E-state index contributed by atoms with van der Waals surface area (Å²) in [6.45, 7) is 0.636. The number of anilines is 1. The third-order valence-corrected chi connectivity index (χ3v) is 3.72. The maximum atomic E-state index is 6.10. The predicted octanol–water partition coefficient (Wildman–Crippen LogP) is 2.57. The first-order valence-corrected chi connectivity index (χ1v) is 7.59. The van der Waals surface area contributed by atoms with Crippen LogP contribution in [-0.4, -0.2) is 29.5 Å². The Morgan fingerprint density at radius 3 is 2.58 bits per heavy atom. The van der Waals surface area contributed by atoms with E-state index in [1.54, 1.807) is 12.5 Å². The number of nitrogens with zero attached hydrogens (tertiary/aromatic N) is 6. The molecule has 0 unspecified atom stereocenters. The molecule has 3 aromatic heterocycles. The first-order chi connectivity index (χ1) is 11.7. The Balaban J connectivity index is 1.84. The van der Waals surface area contributed by atoms with Gasteiger partial charge in [-0.05, 0) is 17.2 Å².